The van der Waals surface area contributed by atoms with Gasteiger partial charge in [0.25, 0.3) is 0 Å². The molecule has 0 bridgehead atoms. The van der Waals surface area contributed by atoms with E-state index in [0.29, 0.717) is 5.56 Å². The van der Waals surface area contributed by atoms with E-state index >= 15 is 0 Å². The number of nitrogens with one attached hydrogen (secondary N) is 1. The Balaban J connectivity index is 1.58. The third-order valence-electron chi connectivity index (χ3n) is 5.49. The summed E-state index contributed by atoms with van der Waals surface area (Å²) in [5.41, 5.74) is 6.56. The van der Waals surface area contributed by atoms with Crippen LogP contribution in [0, 0.1) is 0 Å². The molecule has 4 rings (SSSR count). The molecular weight excluding hydrogens is 496 g/mol. The van der Waals surface area contributed by atoms with Gasteiger partial charge in [0.05, 0.1) is 16.7 Å². The molecule has 4 atom stereocenters. The van der Waals surface area contributed by atoms with Gasteiger partial charge < -0.3 is 30.0 Å². The van der Waals surface area contributed by atoms with Gasteiger partial charge in [-0.15, -0.1) is 0 Å². The molecule has 0 saturated carbocycles. The second-order valence-electron chi connectivity index (χ2n) is 8.04. The van der Waals surface area contributed by atoms with Gasteiger partial charge in [0, 0.05) is 0 Å². The topological polar surface area (TPSA) is 126 Å². The van der Waals surface area contributed by atoms with Crippen molar-refractivity contribution < 1.29 is 33.3 Å². The van der Waals surface area contributed by atoms with Crippen molar-refractivity contribution in [2.75, 3.05) is 6.61 Å². The standard InChI is InChI=1S/C27H24N2O7S/c28-27(37)29-23-22(36-26(32)19-14-8-3-9-15-19)21(35-25(31)18-12-6-2-7-13-18)20(34-23)16-33-24(30)17-10-4-1-5-11-17/h1-15,20-23H,16H2,(H3,28,29,37)/t20-,21+,22+,23-/m1/s1. The fourth-order valence-electron chi connectivity index (χ4n) is 3.74. The highest BCUT2D eigenvalue weighted by atomic mass is 32.1. The number of nitrogens with two attached hydrogens (primary N) is 1. The van der Waals surface area contributed by atoms with Gasteiger partial charge in [-0.1, -0.05) is 54.6 Å². The summed E-state index contributed by atoms with van der Waals surface area (Å²) in [6, 6.07) is 25.0. The molecule has 3 aromatic carbocycles. The van der Waals surface area contributed by atoms with Crippen LogP contribution < -0.4 is 11.1 Å². The first-order valence-electron chi connectivity index (χ1n) is 11.4. The Bertz CT molecular complexity index is 1240. The highest BCUT2D eigenvalue weighted by molar-refractivity contribution is 7.80. The molecule has 3 N–H and O–H groups in total. The van der Waals surface area contributed by atoms with Gasteiger partial charge in [-0.05, 0) is 48.6 Å². The number of esters is 3. The van der Waals surface area contributed by atoms with Gasteiger partial charge in [-0.3, -0.25) is 0 Å². The van der Waals surface area contributed by atoms with E-state index in [-0.39, 0.29) is 22.8 Å². The van der Waals surface area contributed by atoms with Crippen LogP contribution in [-0.4, -0.2) is 54.2 Å². The lowest BCUT2D eigenvalue weighted by Gasteiger charge is -2.24. The number of thiocarbonyl (C=S) groups is 1. The van der Waals surface area contributed by atoms with E-state index in [0.717, 1.165) is 0 Å². The molecule has 3 aromatic rings. The highest BCUT2D eigenvalue weighted by Crippen LogP contribution is 2.28. The van der Waals surface area contributed by atoms with Crippen molar-refractivity contribution in [1.29, 1.82) is 0 Å². The van der Waals surface area contributed by atoms with Crippen molar-refractivity contribution in [1.82, 2.24) is 5.32 Å². The Hall–Kier alpha value is -4.28. The third-order valence-corrected chi connectivity index (χ3v) is 5.61. The van der Waals surface area contributed by atoms with Crippen LogP contribution in [0.25, 0.3) is 0 Å². The zero-order valence-electron chi connectivity index (χ0n) is 19.5. The average Bonchev–Trinajstić information content (AvgIpc) is 3.23. The molecule has 1 fully saturated rings. The lowest BCUT2D eigenvalue weighted by atomic mass is 10.1. The predicted octanol–water partition coefficient (Wildman–Crippen LogP) is 2.85. The normalized spacial score (nSPS) is 20.4. The Morgan fingerprint density at radius 1 is 0.730 bits per heavy atom. The fraction of sp³-hybridized carbons (Fsp3) is 0.185. The van der Waals surface area contributed by atoms with E-state index in [1.165, 1.54) is 0 Å². The Morgan fingerprint density at radius 3 is 1.62 bits per heavy atom. The molecule has 1 aliphatic rings. The summed E-state index contributed by atoms with van der Waals surface area (Å²) in [6.45, 7) is -0.296. The lowest BCUT2D eigenvalue weighted by molar-refractivity contribution is -0.0456. The van der Waals surface area contributed by atoms with Crippen molar-refractivity contribution in [3.05, 3.63) is 108 Å². The van der Waals surface area contributed by atoms with E-state index < -0.39 is 42.4 Å². The second kappa shape index (κ2) is 12.1. The molecule has 1 saturated heterocycles. The first-order valence-corrected chi connectivity index (χ1v) is 11.8. The van der Waals surface area contributed by atoms with Crippen LogP contribution in [-0.2, 0) is 18.9 Å². The second-order valence-corrected chi connectivity index (χ2v) is 8.48. The van der Waals surface area contributed by atoms with Gasteiger partial charge in [-0.25, -0.2) is 14.4 Å². The molecule has 0 aromatic heterocycles. The highest BCUT2D eigenvalue weighted by Gasteiger charge is 2.50. The number of hydrogen-bond donors (Lipinski definition) is 2. The monoisotopic (exact) mass is 520 g/mol. The lowest BCUT2D eigenvalue weighted by Crippen LogP contribution is -2.48. The van der Waals surface area contributed by atoms with Crippen LogP contribution in [0.1, 0.15) is 31.1 Å². The first-order chi connectivity index (χ1) is 17.9. The Morgan fingerprint density at radius 2 is 1.16 bits per heavy atom. The molecule has 37 heavy (non-hydrogen) atoms. The molecule has 9 nitrogen and oxygen atoms in total. The molecule has 0 amide bonds. The van der Waals surface area contributed by atoms with Gasteiger partial charge in [0.2, 0.25) is 0 Å². The van der Waals surface area contributed by atoms with Gasteiger partial charge in [-0.2, -0.15) is 0 Å². The number of hydrogen-bond acceptors (Lipinski definition) is 8. The molecule has 1 heterocycles. The molecule has 190 valence electrons. The van der Waals surface area contributed by atoms with E-state index in [9.17, 15) is 14.4 Å². The minimum Gasteiger partial charge on any atom is -0.459 e. The summed E-state index contributed by atoms with van der Waals surface area (Å²) < 4.78 is 22.9. The van der Waals surface area contributed by atoms with Crippen LogP contribution in [0.2, 0.25) is 0 Å². The number of carbonyl (C=O) groups excluding carboxylic acids is 3. The zero-order valence-corrected chi connectivity index (χ0v) is 20.3. The summed E-state index contributed by atoms with van der Waals surface area (Å²) >= 11 is 4.96. The molecule has 0 radical (unpaired) electrons. The molecular formula is C27H24N2O7S. The summed E-state index contributed by atoms with van der Waals surface area (Å²) in [4.78, 5) is 38.4. The molecule has 0 aliphatic carbocycles. The van der Waals surface area contributed by atoms with Gasteiger partial charge in [0.15, 0.2) is 23.5 Å². The van der Waals surface area contributed by atoms with Crippen molar-refractivity contribution in [3.63, 3.8) is 0 Å². The van der Waals surface area contributed by atoms with Crippen LogP contribution in [0.3, 0.4) is 0 Å². The summed E-state index contributed by atoms with van der Waals surface area (Å²) in [5.74, 6) is -1.95. The first kappa shape index (κ1) is 25.8. The Kier molecular flexibility index (Phi) is 8.44. The largest absolute Gasteiger partial charge is 0.459 e. The number of carbonyl (C=O) groups is 3. The Labute approximate surface area is 218 Å². The maximum atomic E-state index is 12.9. The van der Waals surface area contributed by atoms with Crippen LogP contribution >= 0.6 is 12.2 Å². The van der Waals surface area contributed by atoms with E-state index in [1.807, 2.05) is 0 Å². The van der Waals surface area contributed by atoms with Crippen molar-refractivity contribution in [2.45, 2.75) is 24.5 Å². The molecule has 0 unspecified atom stereocenters. The molecule has 0 spiro atoms. The van der Waals surface area contributed by atoms with Crippen LogP contribution in [0.15, 0.2) is 91.0 Å². The van der Waals surface area contributed by atoms with Crippen molar-refractivity contribution >= 4 is 35.2 Å². The van der Waals surface area contributed by atoms with Crippen LogP contribution in [0.4, 0.5) is 0 Å². The molecule has 1 aliphatic heterocycles. The maximum Gasteiger partial charge on any atom is 0.338 e. The minimum absolute atomic E-state index is 0.124. The van der Waals surface area contributed by atoms with Crippen molar-refractivity contribution in [3.8, 4) is 0 Å². The number of rotatable bonds is 8. The van der Waals surface area contributed by atoms with Gasteiger partial charge >= 0.3 is 17.9 Å². The summed E-state index contributed by atoms with van der Waals surface area (Å²) in [7, 11) is 0. The molecule has 10 heteroatoms. The predicted molar refractivity (Wildman–Crippen MR) is 137 cm³/mol. The average molecular weight is 521 g/mol. The smallest absolute Gasteiger partial charge is 0.338 e. The summed E-state index contributed by atoms with van der Waals surface area (Å²) in [6.07, 6.45) is -4.39. The number of ether oxygens (including phenoxy) is 4. The quantitative estimate of drug-likeness (QED) is 0.260. The van der Waals surface area contributed by atoms with Crippen LogP contribution in [0.5, 0.6) is 0 Å². The minimum atomic E-state index is -1.16. The SMILES string of the molecule is NC(=S)N[C@@H]1O[C@H](COC(=O)c2ccccc2)[C@H](OC(=O)c2ccccc2)[C@@H]1OC(=O)c1ccccc1. The van der Waals surface area contributed by atoms with E-state index in [1.54, 1.807) is 91.0 Å². The van der Waals surface area contributed by atoms with Crippen molar-refractivity contribution in [2.24, 2.45) is 5.73 Å². The maximum absolute atomic E-state index is 12.9. The van der Waals surface area contributed by atoms with Gasteiger partial charge in [0.1, 0.15) is 12.7 Å². The fourth-order valence-corrected chi connectivity index (χ4v) is 3.85. The third kappa shape index (κ3) is 6.69. The summed E-state index contributed by atoms with van der Waals surface area (Å²) in [5, 5.41) is 2.59. The number of benzene rings is 3. The van der Waals surface area contributed by atoms with E-state index in [2.05, 4.69) is 5.32 Å². The zero-order chi connectivity index (χ0) is 26.2. The van der Waals surface area contributed by atoms with E-state index in [4.69, 9.17) is 36.9 Å².